The molecule has 178 valence electrons. The van der Waals surface area contributed by atoms with Gasteiger partial charge in [0.2, 0.25) is 16.0 Å². The molecule has 1 N–H and O–H groups in total. The van der Waals surface area contributed by atoms with Crippen molar-refractivity contribution in [2.45, 2.75) is 30.2 Å². The van der Waals surface area contributed by atoms with Crippen LogP contribution >= 0.6 is 11.6 Å². The summed E-state index contributed by atoms with van der Waals surface area (Å²) >= 11 is 5.92. The van der Waals surface area contributed by atoms with E-state index in [4.69, 9.17) is 16.3 Å². The predicted molar refractivity (Wildman–Crippen MR) is 129 cm³/mol. The van der Waals surface area contributed by atoms with Gasteiger partial charge in [-0.05, 0) is 49.6 Å². The fourth-order valence-corrected chi connectivity index (χ4v) is 5.60. The van der Waals surface area contributed by atoms with Gasteiger partial charge >= 0.3 is 5.97 Å². The van der Waals surface area contributed by atoms with Crippen molar-refractivity contribution in [3.63, 3.8) is 0 Å². The number of anilines is 1. The molecule has 0 aliphatic carbocycles. The Kier molecular flexibility index (Phi) is 7.16. The van der Waals surface area contributed by atoms with E-state index in [2.05, 4.69) is 15.3 Å². The molecular weight excluding hydrogens is 476 g/mol. The van der Waals surface area contributed by atoms with Crippen LogP contribution in [0.2, 0.25) is 5.02 Å². The van der Waals surface area contributed by atoms with Gasteiger partial charge in [-0.15, -0.1) is 0 Å². The number of carbonyl (C=O) groups is 1. The van der Waals surface area contributed by atoms with E-state index < -0.39 is 21.5 Å². The average molecular weight is 501 g/mol. The molecule has 1 fully saturated rings. The highest BCUT2D eigenvalue weighted by Crippen LogP contribution is 2.37. The van der Waals surface area contributed by atoms with Gasteiger partial charge < -0.3 is 10.1 Å². The molecule has 0 radical (unpaired) electrons. The van der Waals surface area contributed by atoms with E-state index in [1.54, 1.807) is 19.1 Å². The summed E-state index contributed by atoms with van der Waals surface area (Å²) in [7, 11) is -3.64. The second-order valence-electron chi connectivity index (χ2n) is 7.95. The van der Waals surface area contributed by atoms with Crippen molar-refractivity contribution in [3.05, 3.63) is 83.1 Å². The van der Waals surface area contributed by atoms with Crippen molar-refractivity contribution in [1.29, 1.82) is 0 Å². The molecule has 0 saturated carbocycles. The Labute approximate surface area is 204 Å². The van der Waals surface area contributed by atoms with Gasteiger partial charge in [0.25, 0.3) is 0 Å². The molecule has 0 amide bonds. The fraction of sp³-hybridized carbons (Fsp3) is 0.292. The fourth-order valence-electron chi connectivity index (χ4n) is 4.03. The van der Waals surface area contributed by atoms with Gasteiger partial charge in [0.05, 0.1) is 22.6 Å². The number of sulfonamides is 1. The topological polar surface area (TPSA) is 101 Å². The largest absolute Gasteiger partial charge is 0.462 e. The molecule has 10 heteroatoms. The lowest BCUT2D eigenvalue weighted by molar-refractivity contribution is 0.0525. The maximum atomic E-state index is 13.2. The summed E-state index contributed by atoms with van der Waals surface area (Å²) in [5.41, 5.74) is 0.709. The standard InChI is InChI=1S/C24H25ClN4O4S/c1-2-33-22(30)18-16-26-23(27-17-18)28-24(19-6-4-3-5-7-19)12-14-29(15-13-24)34(31,32)21-10-8-20(25)9-11-21/h3-11,16-17H,2,12-15H2,1H3,(H,26,27,28). The maximum absolute atomic E-state index is 13.2. The summed E-state index contributed by atoms with van der Waals surface area (Å²) in [6.45, 7) is 2.63. The van der Waals surface area contributed by atoms with Gasteiger partial charge in [-0.3, -0.25) is 0 Å². The van der Waals surface area contributed by atoms with Crippen LogP contribution in [0.5, 0.6) is 0 Å². The quantitative estimate of drug-likeness (QED) is 0.487. The molecule has 0 atom stereocenters. The average Bonchev–Trinajstić information content (AvgIpc) is 2.86. The summed E-state index contributed by atoms with van der Waals surface area (Å²) in [5, 5.41) is 3.90. The third-order valence-electron chi connectivity index (χ3n) is 5.87. The molecule has 34 heavy (non-hydrogen) atoms. The summed E-state index contributed by atoms with van der Waals surface area (Å²) in [6, 6.07) is 16.0. The normalized spacial score (nSPS) is 16.1. The van der Waals surface area contributed by atoms with Crippen molar-refractivity contribution in [3.8, 4) is 0 Å². The van der Waals surface area contributed by atoms with E-state index in [1.807, 2.05) is 30.3 Å². The molecule has 4 rings (SSSR count). The van der Waals surface area contributed by atoms with Crippen LogP contribution in [0.3, 0.4) is 0 Å². The summed E-state index contributed by atoms with van der Waals surface area (Å²) in [5.74, 6) is -0.126. The Morgan fingerprint density at radius 2 is 1.68 bits per heavy atom. The SMILES string of the molecule is CCOC(=O)c1cnc(NC2(c3ccccc3)CCN(S(=O)(=O)c3ccc(Cl)cc3)CC2)nc1. The Morgan fingerprint density at radius 3 is 2.26 bits per heavy atom. The van der Waals surface area contributed by atoms with Gasteiger partial charge in [0.1, 0.15) is 0 Å². The summed E-state index contributed by atoms with van der Waals surface area (Å²) < 4.78 is 32.8. The number of benzene rings is 2. The summed E-state index contributed by atoms with van der Waals surface area (Å²) in [6.07, 6.45) is 3.86. The Hall–Kier alpha value is -3.01. The van der Waals surface area contributed by atoms with Crippen molar-refractivity contribution >= 4 is 33.5 Å². The molecule has 1 aliphatic rings. The molecule has 1 aliphatic heterocycles. The van der Waals surface area contributed by atoms with Crippen LogP contribution in [-0.4, -0.2) is 48.4 Å². The van der Waals surface area contributed by atoms with Crippen LogP contribution in [0.25, 0.3) is 0 Å². The highest BCUT2D eigenvalue weighted by Gasteiger charge is 2.40. The van der Waals surface area contributed by atoms with Crippen LogP contribution in [-0.2, 0) is 20.3 Å². The lowest BCUT2D eigenvalue weighted by atomic mass is 9.81. The minimum absolute atomic E-state index is 0.218. The number of nitrogens with zero attached hydrogens (tertiary/aromatic N) is 3. The van der Waals surface area contributed by atoms with E-state index >= 15 is 0 Å². The van der Waals surface area contributed by atoms with Gasteiger partial charge in [-0.2, -0.15) is 4.31 Å². The number of hydrogen-bond acceptors (Lipinski definition) is 7. The lowest BCUT2D eigenvalue weighted by Crippen LogP contribution is -2.49. The zero-order valence-electron chi connectivity index (χ0n) is 18.6. The number of rotatable bonds is 7. The first kappa shape index (κ1) is 24.1. The Morgan fingerprint density at radius 1 is 1.06 bits per heavy atom. The number of ether oxygens (including phenoxy) is 1. The molecule has 1 aromatic heterocycles. The highest BCUT2D eigenvalue weighted by atomic mass is 35.5. The molecule has 2 heterocycles. The van der Waals surface area contributed by atoms with E-state index in [1.165, 1.54) is 28.8 Å². The smallest absolute Gasteiger partial charge is 0.341 e. The zero-order chi connectivity index (χ0) is 24.2. The number of aromatic nitrogens is 2. The van der Waals surface area contributed by atoms with E-state index in [9.17, 15) is 13.2 Å². The highest BCUT2D eigenvalue weighted by molar-refractivity contribution is 7.89. The van der Waals surface area contributed by atoms with Gasteiger partial charge in [-0.1, -0.05) is 41.9 Å². The monoisotopic (exact) mass is 500 g/mol. The van der Waals surface area contributed by atoms with Crippen molar-refractivity contribution < 1.29 is 17.9 Å². The number of nitrogens with one attached hydrogen (secondary N) is 1. The minimum Gasteiger partial charge on any atom is -0.462 e. The Bertz CT molecular complexity index is 1230. The number of piperidine rings is 1. The van der Waals surface area contributed by atoms with Crippen LogP contribution in [0.15, 0.2) is 71.9 Å². The third-order valence-corrected chi connectivity index (χ3v) is 8.03. The van der Waals surface area contributed by atoms with Crippen molar-refractivity contribution in [2.24, 2.45) is 0 Å². The molecule has 1 saturated heterocycles. The lowest BCUT2D eigenvalue weighted by Gasteiger charge is -2.42. The molecule has 8 nitrogen and oxygen atoms in total. The van der Waals surface area contributed by atoms with Crippen molar-refractivity contribution in [1.82, 2.24) is 14.3 Å². The van der Waals surface area contributed by atoms with Crippen LogP contribution < -0.4 is 5.32 Å². The Balaban J connectivity index is 1.56. The minimum atomic E-state index is -3.64. The molecule has 3 aromatic rings. The molecular formula is C24H25ClN4O4S. The van der Waals surface area contributed by atoms with Gasteiger partial charge in [0, 0.05) is 30.5 Å². The molecule has 0 bridgehead atoms. The van der Waals surface area contributed by atoms with E-state index in [0.717, 1.165) is 5.56 Å². The van der Waals surface area contributed by atoms with E-state index in [0.29, 0.717) is 36.9 Å². The first-order valence-corrected chi connectivity index (χ1v) is 12.7. The maximum Gasteiger partial charge on any atom is 0.341 e. The van der Waals surface area contributed by atoms with Gasteiger partial charge in [-0.25, -0.2) is 23.2 Å². The van der Waals surface area contributed by atoms with Crippen LogP contribution in [0.4, 0.5) is 5.95 Å². The second-order valence-corrected chi connectivity index (χ2v) is 10.3. The number of esters is 1. The molecule has 0 unspecified atom stereocenters. The number of carbonyl (C=O) groups excluding carboxylic acids is 1. The predicted octanol–water partition coefficient (Wildman–Crippen LogP) is 4.10. The summed E-state index contributed by atoms with van der Waals surface area (Å²) in [4.78, 5) is 20.7. The van der Waals surface area contributed by atoms with Crippen molar-refractivity contribution in [2.75, 3.05) is 25.0 Å². The first-order valence-electron chi connectivity index (χ1n) is 10.9. The van der Waals surface area contributed by atoms with Gasteiger partial charge in [0.15, 0.2) is 0 Å². The number of halogens is 1. The van der Waals surface area contributed by atoms with Crippen LogP contribution in [0, 0.1) is 0 Å². The number of hydrogen-bond donors (Lipinski definition) is 1. The third kappa shape index (κ3) is 5.06. The molecule has 2 aromatic carbocycles. The van der Waals surface area contributed by atoms with Crippen LogP contribution in [0.1, 0.15) is 35.7 Å². The molecule has 0 spiro atoms. The zero-order valence-corrected chi connectivity index (χ0v) is 20.2. The first-order chi connectivity index (χ1) is 16.3. The van der Waals surface area contributed by atoms with E-state index in [-0.39, 0.29) is 17.1 Å². The second kappa shape index (κ2) is 10.1.